The summed E-state index contributed by atoms with van der Waals surface area (Å²) in [6.45, 7) is 0.823. The Morgan fingerprint density at radius 1 is 1.40 bits per heavy atom. The topological polar surface area (TPSA) is 38.3 Å². The van der Waals surface area contributed by atoms with Crippen LogP contribution in [0.15, 0.2) is 22.7 Å². The highest BCUT2D eigenvalue weighted by Crippen LogP contribution is 2.47. The van der Waals surface area contributed by atoms with Crippen molar-refractivity contribution < 1.29 is 9.53 Å². The molecule has 20 heavy (non-hydrogen) atoms. The number of benzene rings is 1. The lowest BCUT2D eigenvalue weighted by Crippen LogP contribution is -2.31. The summed E-state index contributed by atoms with van der Waals surface area (Å²) < 4.78 is 5.99. The van der Waals surface area contributed by atoms with Gasteiger partial charge in [0.25, 0.3) is 5.91 Å². The maximum Gasteiger partial charge on any atom is 0.251 e. The largest absolute Gasteiger partial charge is 0.496 e. The molecule has 2 bridgehead atoms. The van der Waals surface area contributed by atoms with E-state index in [1.54, 1.807) is 13.2 Å². The Morgan fingerprint density at radius 2 is 2.25 bits per heavy atom. The Kier molecular flexibility index (Phi) is 4.01. The average Bonchev–Trinajstić information content (AvgIpc) is 3.07. The SMILES string of the molecule is COc1ccc(C(=O)NCC2CC3CCC2C3)cc1Br. The van der Waals surface area contributed by atoms with Gasteiger partial charge in [-0.2, -0.15) is 0 Å². The molecule has 0 aromatic heterocycles. The van der Waals surface area contributed by atoms with Crippen LogP contribution in [-0.4, -0.2) is 19.6 Å². The molecule has 3 atom stereocenters. The molecule has 2 aliphatic rings. The number of carbonyl (C=O) groups is 1. The molecule has 2 aliphatic carbocycles. The van der Waals surface area contributed by atoms with E-state index in [1.165, 1.54) is 25.7 Å². The fourth-order valence-corrected chi connectivity index (χ4v) is 4.30. The number of hydrogen-bond donors (Lipinski definition) is 1. The highest BCUT2D eigenvalue weighted by molar-refractivity contribution is 9.10. The highest BCUT2D eigenvalue weighted by atomic mass is 79.9. The second-order valence-corrected chi connectivity index (χ2v) is 6.85. The lowest BCUT2D eigenvalue weighted by molar-refractivity contribution is 0.0941. The quantitative estimate of drug-likeness (QED) is 0.911. The first-order valence-electron chi connectivity index (χ1n) is 7.29. The summed E-state index contributed by atoms with van der Waals surface area (Å²) in [4.78, 5) is 12.2. The summed E-state index contributed by atoms with van der Waals surface area (Å²) in [5, 5.41) is 3.09. The monoisotopic (exact) mass is 337 g/mol. The van der Waals surface area contributed by atoms with Crippen LogP contribution >= 0.6 is 15.9 Å². The number of amides is 1. The minimum Gasteiger partial charge on any atom is -0.496 e. The molecule has 0 spiro atoms. The first kappa shape index (κ1) is 13.9. The minimum atomic E-state index is 0.0103. The minimum absolute atomic E-state index is 0.0103. The summed E-state index contributed by atoms with van der Waals surface area (Å²) in [5.74, 6) is 3.23. The summed E-state index contributed by atoms with van der Waals surface area (Å²) >= 11 is 3.41. The Morgan fingerprint density at radius 3 is 2.85 bits per heavy atom. The van der Waals surface area contributed by atoms with E-state index >= 15 is 0 Å². The van der Waals surface area contributed by atoms with E-state index in [9.17, 15) is 4.79 Å². The highest BCUT2D eigenvalue weighted by Gasteiger charge is 2.39. The molecule has 3 nitrogen and oxygen atoms in total. The first-order valence-corrected chi connectivity index (χ1v) is 8.08. The van der Waals surface area contributed by atoms with E-state index in [0.717, 1.165) is 28.6 Å². The number of halogens is 1. The molecule has 4 heteroatoms. The van der Waals surface area contributed by atoms with Gasteiger partial charge in [0, 0.05) is 12.1 Å². The third-order valence-corrected chi connectivity index (χ3v) is 5.44. The van der Waals surface area contributed by atoms with Crippen molar-refractivity contribution in [1.29, 1.82) is 0 Å². The third kappa shape index (κ3) is 2.71. The number of rotatable bonds is 4. The summed E-state index contributed by atoms with van der Waals surface area (Å²) in [7, 11) is 1.62. The molecular formula is C16H20BrNO2. The van der Waals surface area contributed by atoms with Crippen molar-refractivity contribution in [3.05, 3.63) is 28.2 Å². The van der Waals surface area contributed by atoms with Crippen molar-refractivity contribution in [1.82, 2.24) is 5.32 Å². The second kappa shape index (κ2) is 5.76. The predicted octanol–water partition coefficient (Wildman–Crippen LogP) is 3.62. The van der Waals surface area contributed by atoms with Gasteiger partial charge in [0.05, 0.1) is 11.6 Å². The Balaban J connectivity index is 1.58. The van der Waals surface area contributed by atoms with Gasteiger partial charge in [-0.3, -0.25) is 4.79 Å². The standard InChI is InChI=1S/C16H20BrNO2/c1-20-15-5-4-12(8-14(15)17)16(19)18-9-13-7-10-2-3-11(13)6-10/h4-5,8,10-11,13H,2-3,6-7,9H2,1H3,(H,18,19). The van der Waals surface area contributed by atoms with E-state index in [1.807, 2.05) is 12.1 Å². The van der Waals surface area contributed by atoms with E-state index in [4.69, 9.17) is 4.74 Å². The van der Waals surface area contributed by atoms with Gasteiger partial charge in [0.1, 0.15) is 5.75 Å². The second-order valence-electron chi connectivity index (χ2n) is 5.99. The molecule has 0 heterocycles. The van der Waals surface area contributed by atoms with Crippen molar-refractivity contribution in [2.24, 2.45) is 17.8 Å². The fourth-order valence-electron chi connectivity index (χ4n) is 3.76. The normalized spacial score (nSPS) is 27.6. The maximum atomic E-state index is 12.2. The number of nitrogens with one attached hydrogen (secondary N) is 1. The van der Waals surface area contributed by atoms with Crippen molar-refractivity contribution >= 4 is 21.8 Å². The van der Waals surface area contributed by atoms with Crippen LogP contribution in [-0.2, 0) is 0 Å². The molecule has 1 N–H and O–H groups in total. The summed E-state index contributed by atoms with van der Waals surface area (Å²) in [6, 6.07) is 5.44. The van der Waals surface area contributed by atoms with Crippen LogP contribution in [0.1, 0.15) is 36.0 Å². The molecule has 3 unspecified atom stereocenters. The van der Waals surface area contributed by atoms with Crippen LogP contribution in [0.3, 0.4) is 0 Å². The van der Waals surface area contributed by atoms with E-state index in [-0.39, 0.29) is 5.91 Å². The summed E-state index contributed by atoms with van der Waals surface area (Å²) in [6.07, 6.45) is 5.45. The predicted molar refractivity (Wildman–Crippen MR) is 82.0 cm³/mol. The molecule has 1 aromatic rings. The van der Waals surface area contributed by atoms with Gasteiger partial charge in [0.15, 0.2) is 0 Å². The molecule has 108 valence electrons. The van der Waals surface area contributed by atoms with Gasteiger partial charge in [0.2, 0.25) is 0 Å². The van der Waals surface area contributed by atoms with E-state index in [2.05, 4.69) is 21.2 Å². The van der Waals surface area contributed by atoms with Crippen LogP contribution in [0.5, 0.6) is 5.75 Å². The van der Waals surface area contributed by atoms with Crippen LogP contribution in [0.25, 0.3) is 0 Å². The van der Waals surface area contributed by atoms with Crippen molar-refractivity contribution in [3.63, 3.8) is 0 Å². The van der Waals surface area contributed by atoms with Crippen molar-refractivity contribution in [2.45, 2.75) is 25.7 Å². The van der Waals surface area contributed by atoms with Gasteiger partial charge < -0.3 is 10.1 Å². The van der Waals surface area contributed by atoms with Gasteiger partial charge in [-0.05, 0) is 71.1 Å². The Hall–Kier alpha value is -1.03. The zero-order valence-corrected chi connectivity index (χ0v) is 13.3. The molecule has 1 aromatic carbocycles. The molecule has 3 rings (SSSR count). The Labute approximate surface area is 128 Å². The third-order valence-electron chi connectivity index (χ3n) is 4.82. The molecular weight excluding hydrogens is 318 g/mol. The number of ether oxygens (including phenoxy) is 1. The van der Waals surface area contributed by atoms with Crippen LogP contribution in [0.2, 0.25) is 0 Å². The molecule has 0 radical (unpaired) electrons. The Bertz CT molecular complexity index is 517. The van der Waals surface area contributed by atoms with Gasteiger partial charge >= 0.3 is 0 Å². The van der Waals surface area contributed by atoms with Crippen LogP contribution < -0.4 is 10.1 Å². The maximum absolute atomic E-state index is 12.2. The van der Waals surface area contributed by atoms with Crippen LogP contribution in [0, 0.1) is 17.8 Å². The average molecular weight is 338 g/mol. The molecule has 0 aliphatic heterocycles. The first-order chi connectivity index (χ1) is 9.67. The number of methoxy groups -OCH3 is 1. The van der Waals surface area contributed by atoms with E-state index < -0.39 is 0 Å². The van der Waals surface area contributed by atoms with Crippen molar-refractivity contribution in [3.8, 4) is 5.75 Å². The fraction of sp³-hybridized carbons (Fsp3) is 0.562. The molecule has 2 fully saturated rings. The zero-order chi connectivity index (χ0) is 14.1. The van der Waals surface area contributed by atoms with Crippen LogP contribution in [0.4, 0.5) is 0 Å². The lowest BCUT2D eigenvalue weighted by Gasteiger charge is -2.21. The van der Waals surface area contributed by atoms with Gasteiger partial charge in [-0.1, -0.05) is 6.42 Å². The summed E-state index contributed by atoms with van der Waals surface area (Å²) in [5.41, 5.74) is 0.681. The molecule has 2 saturated carbocycles. The van der Waals surface area contributed by atoms with Gasteiger partial charge in [-0.15, -0.1) is 0 Å². The lowest BCUT2D eigenvalue weighted by atomic mass is 9.89. The van der Waals surface area contributed by atoms with Gasteiger partial charge in [-0.25, -0.2) is 0 Å². The molecule has 0 saturated heterocycles. The van der Waals surface area contributed by atoms with Crippen molar-refractivity contribution in [2.75, 3.05) is 13.7 Å². The van der Waals surface area contributed by atoms with E-state index in [0.29, 0.717) is 11.5 Å². The number of hydrogen-bond acceptors (Lipinski definition) is 2. The zero-order valence-electron chi connectivity index (χ0n) is 11.7. The number of fused-ring (bicyclic) bond motifs is 2. The smallest absolute Gasteiger partial charge is 0.251 e. The molecule has 1 amide bonds. The number of carbonyl (C=O) groups excluding carboxylic acids is 1.